The molecule has 0 radical (unpaired) electrons. The van der Waals surface area contributed by atoms with Crippen LogP contribution in [0.1, 0.15) is 26.7 Å². The predicted molar refractivity (Wildman–Crippen MR) is 61.7 cm³/mol. The molecule has 14 heavy (non-hydrogen) atoms. The van der Waals surface area contributed by atoms with Crippen molar-refractivity contribution in [2.45, 2.75) is 26.7 Å². The van der Waals surface area contributed by atoms with E-state index < -0.39 is 0 Å². The minimum absolute atomic E-state index is 0.226. The standard InChI is InChI=1S/C10H19N2OP/c1-4-6-12(7-5-2)14-9-8-11(3)10(9)13/h4-8H2,1-3H3. The summed E-state index contributed by atoms with van der Waals surface area (Å²) >= 11 is 0. The number of likely N-dealkylation sites (tertiary alicyclic amines) is 1. The molecule has 0 atom stereocenters. The first-order valence-electron chi connectivity index (χ1n) is 5.27. The van der Waals surface area contributed by atoms with Crippen LogP contribution in [-0.2, 0) is 4.79 Å². The van der Waals surface area contributed by atoms with E-state index in [-0.39, 0.29) is 5.91 Å². The Morgan fingerprint density at radius 2 is 1.93 bits per heavy atom. The van der Waals surface area contributed by atoms with E-state index in [1.54, 1.807) is 4.90 Å². The van der Waals surface area contributed by atoms with Crippen molar-refractivity contribution >= 4 is 19.6 Å². The van der Waals surface area contributed by atoms with E-state index in [0.29, 0.717) is 0 Å². The average Bonchev–Trinajstić information content (AvgIpc) is 2.17. The summed E-state index contributed by atoms with van der Waals surface area (Å²) in [5, 5.41) is 1.05. The monoisotopic (exact) mass is 214 g/mol. The SMILES string of the molecule is CCCN(CCC)P=C1CN(C)C1=O. The van der Waals surface area contributed by atoms with Crippen molar-refractivity contribution in [3.63, 3.8) is 0 Å². The summed E-state index contributed by atoms with van der Waals surface area (Å²) in [4.78, 5) is 13.1. The second-order valence-electron chi connectivity index (χ2n) is 3.66. The Labute approximate surface area is 87.9 Å². The summed E-state index contributed by atoms with van der Waals surface area (Å²) in [7, 11) is 2.99. The third kappa shape index (κ3) is 2.79. The van der Waals surface area contributed by atoms with E-state index in [2.05, 4.69) is 18.5 Å². The zero-order valence-electron chi connectivity index (χ0n) is 9.29. The molecule has 0 spiro atoms. The van der Waals surface area contributed by atoms with Crippen LogP contribution < -0.4 is 0 Å². The normalized spacial score (nSPS) is 19.3. The van der Waals surface area contributed by atoms with Crippen molar-refractivity contribution in [2.24, 2.45) is 0 Å². The van der Waals surface area contributed by atoms with Gasteiger partial charge in [0, 0.05) is 20.1 Å². The van der Waals surface area contributed by atoms with Gasteiger partial charge in [0.15, 0.2) is 0 Å². The van der Waals surface area contributed by atoms with Gasteiger partial charge in [-0.15, -0.1) is 0 Å². The molecule has 0 bridgehead atoms. The van der Waals surface area contributed by atoms with E-state index >= 15 is 0 Å². The van der Waals surface area contributed by atoms with Gasteiger partial charge >= 0.3 is 0 Å². The van der Waals surface area contributed by atoms with Crippen LogP contribution in [0.3, 0.4) is 0 Å². The fourth-order valence-corrected chi connectivity index (χ4v) is 2.94. The number of rotatable bonds is 5. The molecule has 3 nitrogen and oxygen atoms in total. The summed E-state index contributed by atoms with van der Waals surface area (Å²) in [5.41, 5.74) is 0. The number of hydrogen-bond donors (Lipinski definition) is 0. The second-order valence-corrected chi connectivity index (χ2v) is 4.97. The Kier molecular flexibility index (Phi) is 4.56. The van der Waals surface area contributed by atoms with Crippen molar-refractivity contribution in [3.8, 4) is 0 Å². The zero-order chi connectivity index (χ0) is 10.6. The van der Waals surface area contributed by atoms with Gasteiger partial charge in [0.1, 0.15) is 0 Å². The zero-order valence-corrected chi connectivity index (χ0v) is 10.2. The molecule has 1 aliphatic heterocycles. The van der Waals surface area contributed by atoms with Gasteiger partial charge in [-0.2, -0.15) is 0 Å². The number of hydrogen-bond acceptors (Lipinski definition) is 2. The van der Waals surface area contributed by atoms with Crippen molar-refractivity contribution in [1.82, 2.24) is 9.57 Å². The quantitative estimate of drug-likeness (QED) is 0.513. The van der Waals surface area contributed by atoms with E-state index in [9.17, 15) is 4.79 Å². The molecule has 1 heterocycles. The molecule has 0 aliphatic carbocycles. The maximum atomic E-state index is 11.4. The highest BCUT2D eigenvalue weighted by molar-refractivity contribution is 7.41. The van der Waals surface area contributed by atoms with Crippen LogP contribution in [0.2, 0.25) is 0 Å². The lowest BCUT2D eigenvalue weighted by atomic mass is 10.2. The smallest absolute Gasteiger partial charge is 0.257 e. The Hall–Kier alpha value is -0.400. The fourth-order valence-electron chi connectivity index (χ4n) is 1.47. The van der Waals surface area contributed by atoms with Crippen LogP contribution in [0, 0.1) is 0 Å². The molecule has 0 N–H and O–H groups in total. The molecule has 1 amide bonds. The van der Waals surface area contributed by atoms with Gasteiger partial charge in [-0.3, -0.25) is 9.46 Å². The van der Waals surface area contributed by atoms with Crippen LogP contribution >= 0.6 is 8.35 Å². The van der Waals surface area contributed by atoms with Gasteiger partial charge in [-0.1, -0.05) is 13.8 Å². The molecule has 0 aromatic carbocycles. The Balaban J connectivity index is 2.49. The lowest BCUT2D eigenvalue weighted by Crippen LogP contribution is -2.50. The third-order valence-electron chi connectivity index (χ3n) is 2.21. The lowest BCUT2D eigenvalue weighted by Gasteiger charge is -2.30. The fraction of sp³-hybridized carbons (Fsp3) is 0.800. The molecule has 1 aliphatic rings. The maximum Gasteiger partial charge on any atom is 0.257 e. The highest BCUT2D eigenvalue weighted by atomic mass is 31.1. The van der Waals surface area contributed by atoms with Crippen molar-refractivity contribution in [1.29, 1.82) is 0 Å². The molecule has 80 valence electrons. The second kappa shape index (κ2) is 5.47. The Bertz CT molecular complexity index is 234. The first-order valence-corrected chi connectivity index (χ1v) is 6.11. The largest absolute Gasteiger partial charge is 0.337 e. The van der Waals surface area contributed by atoms with Gasteiger partial charge < -0.3 is 4.90 Å². The number of nitrogens with zero attached hydrogens (tertiary/aromatic N) is 2. The topological polar surface area (TPSA) is 23.6 Å². The first-order chi connectivity index (χ1) is 6.69. The van der Waals surface area contributed by atoms with Crippen LogP contribution in [0.4, 0.5) is 0 Å². The molecule has 0 aromatic rings. The van der Waals surface area contributed by atoms with Gasteiger partial charge in [-0.25, -0.2) is 0 Å². The maximum absolute atomic E-state index is 11.4. The van der Waals surface area contributed by atoms with E-state index in [1.807, 2.05) is 7.05 Å². The van der Waals surface area contributed by atoms with Crippen LogP contribution in [0.5, 0.6) is 0 Å². The molecular formula is C10H19N2OP. The number of carbonyl (C=O) groups is 1. The van der Waals surface area contributed by atoms with E-state index in [1.165, 1.54) is 0 Å². The molecule has 0 saturated carbocycles. The summed E-state index contributed by atoms with van der Waals surface area (Å²) in [6, 6.07) is 0. The van der Waals surface area contributed by atoms with Crippen molar-refractivity contribution in [3.05, 3.63) is 0 Å². The van der Waals surface area contributed by atoms with E-state index in [4.69, 9.17) is 0 Å². The third-order valence-corrected chi connectivity index (χ3v) is 3.46. The van der Waals surface area contributed by atoms with Crippen LogP contribution in [0.25, 0.3) is 0 Å². The molecule has 0 unspecified atom stereocenters. The summed E-state index contributed by atoms with van der Waals surface area (Å²) in [6.07, 6.45) is 2.31. The molecule has 1 fully saturated rings. The van der Waals surface area contributed by atoms with Gasteiger partial charge in [0.2, 0.25) is 0 Å². The molecule has 4 heteroatoms. The highest BCUT2D eigenvalue weighted by Crippen LogP contribution is 2.17. The van der Waals surface area contributed by atoms with E-state index in [0.717, 1.165) is 46.1 Å². The predicted octanol–water partition coefficient (Wildman–Crippen LogP) is 1.61. The summed E-state index contributed by atoms with van der Waals surface area (Å²) in [6.45, 7) is 7.39. The van der Waals surface area contributed by atoms with Gasteiger partial charge in [0.25, 0.3) is 5.91 Å². The van der Waals surface area contributed by atoms with Crippen LogP contribution in [0.15, 0.2) is 0 Å². The van der Waals surface area contributed by atoms with Crippen molar-refractivity contribution in [2.75, 3.05) is 26.7 Å². The number of β-lactam (4-membered cyclic amide) rings is 1. The van der Waals surface area contributed by atoms with Crippen molar-refractivity contribution < 1.29 is 4.79 Å². The van der Waals surface area contributed by atoms with Gasteiger partial charge in [0.05, 0.1) is 11.8 Å². The Morgan fingerprint density at radius 3 is 2.29 bits per heavy atom. The minimum Gasteiger partial charge on any atom is -0.337 e. The minimum atomic E-state index is 0.226. The van der Waals surface area contributed by atoms with Crippen LogP contribution in [-0.4, -0.2) is 47.5 Å². The average molecular weight is 214 g/mol. The lowest BCUT2D eigenvalue weighted by molar-refractivity contribution is -0.125. The number of carbonyl (C=O) groups excluding carboxylic acids is 1. The summed E-state index contributed by atoms with van der Waals surface area (Å²) < 4.78 is 2.35. The molecule has 1 saturated heterocycles. The molecule has 1 rings (SSSR count). The summed E-state index contributed by atoms with van der Waals surface area (Å²) in [5.74, 6) is 0.226. The van der Waals surface area contributed by atoms with Gasteiger partial charge in [-0.05, 0) is 21.2 Å². The molecule has 0 aromatic heterocycles. The first kappa shape index (κ1) is 11.7. The molecular weight excluding hydrogens is 195 g/mol. The highest BCUT2D eigenvalue weighted by Gasteiger charge is 2.27. The Morgan fingerprint density at radius 1 is 1.36 bits per heavy atom. The number of amides is 1.